The molecule has 1 atom stereocenters. The van der Waals surface area contributed by atoms with Crippen molar-refractivity contribution in [3.8, 4) is 11.5 Å². The molecule has 0 spiro atoms. The van der Waals surface area contributed by atoms with Crippen molar-refractivity contribution in [3.05, 3.63) is 66.4 Å². The Labute approximate surface area is 154 Å². The largest absolute Gasteiger partial charge is 0.457 e. The summed E-state index contributed by atoms with van der Waals surface area (Å²) in [6, 6.07) is 19.8. The standard InChI is InChI=1S/C21H24N4O/c1-4-15(2)22-20-14-16(3)23-21(25-20)24-17-10-12-19(13-11-17)26-18-8-6-5-7-9-18/h5-15H,4H2,1-3H3,(H2,22,23,24,25). The van der Waals surface area contributed by atoms with Gasteiger partial charge in [-0.3, -0.25) is 0 Å². The van der Waals surface area contributed by atoms with E-state index in [1.807, 2.05) is 67.6 Å². The predicted octanol–water partition coefficient (Wildman–Crippen LogP) is 5.53. The third-order valence-corrected chi connectivity index (χ3v) is 3.95. The van der Waals surface area contributed by atoms with Crippen molar-refractivity contribution in [3.63, 3.8) is 0 Å². The summed E-state index contributed by atoms with van der Waals surface area (Å²) in [5, 5.41) is 6.63. The molecule has 0 fully saturated rings. The first-order valence-corrected chi connectivity index (χ1v) is 8.84. The SMILES string of the molecule is CCC(C)Nc1cc(C)nc(Nc2ccc(Oc3ccccc3)cc2)n1. The van der Waals surface area contributed by atoms with Gasteiger partial charge >= 0.3 is 0 Å². The van der Waals surface area contributed by atoms with E-state index in [4.69, 9.17) is 4.74 Å². The molecule has 3 aromatic rings. The molecule has 5 heteroatoms. The normalized spacial score (nSPS) is 11.7. The highest BCUT2D eigenvalue weighted by molar-refractivity contribution is 5.56. The number of nitrogens with one attached hydrogen (secondary N) is 2. The van der Waals surface area contributed by atoms with E-state index in [0.29, 0.717) is 12.0 Å². The van der Waals surface area contributed by atoms with E-state index in [2.05, 4.69) is 34.4 Å². The first kappa shape index (κ1) is 17.7. The summed E-state index contributed by atoms with van der Waals surface area (Å²) >= 11 is 0. The maximum Gasteiger partial charge on any atom is 0.229 e. The van der Waals surface area contributed by atoms with Crippen molar-refractivity contribution in [2.45, 2.75) is 33.2 Å². The molecule has 0 radical (unpaired) electrons. The monoisotopic (exact) mass is 348 g/mol. The number of hydrogen-bond acceptors (Lipinski definition) is 5. The number of benzene rings is 2. The minimum Gasteiger partial charge on any atom is -0.457 e. The molecule has 0 aliphatic carbocycles. The van der Waals surface area contributed by atoms with Gasteiger partial charge in [-0.25, -0.2) is 4.98 Å². The van der Waals surface area contributed by atoms with Gasteiger partial charge in [-0.05, 0) is 56.7 Å². The second-order valence-corrected chi connectivity index (χ2v) is 6.24. The van der Waals surface area contributed by atoms with Gasteiger partial charge in [0.1, 0.15) is 17.3 Å². The lowest BCUT2D eigenvalue weighted by Gasteiger charge is -2.14. The van der Waals surface area contributed by atoms with Crippen LogP contribution >= 0.6 is 0 Å². The van der Waals surface area contributed by atoms with Crippen LogP contribution in [-0.2, 0) is 0 Å². The molecule has 0 saturated heterocycles. The van der Waals surface area contributed by atoms with Crippen LogP contribution in [0.15, 0.2) is 60.7 Å². The fourth-order valence-electron chi connectivity index (χ4n) is 2.41. The third-order valence-electron chi connectivity index (χ3n) is 3.95. The van der Waals surface area contributed by atoms with E-state index in [0.717, 1.165) is 35.1 Å². The summed E-state index contributed by atoms with van der Waals surface area (Å²) < 4.78 is 5.81. The van der Waals surface area contributed by atoms with E-state index in [9.17, 15) is 0 Å². The molecule has 1 unspecified atom stereocenters. The molecule has 3 rings (SSSR count). The van der Waals surface area contributed by atoms with Crippen molar-refractivity contribution >= 4 is 17.5 Å². The Morgan fingerprint density at radius 2 is 1.65 bits per heavy atom. The number of hydrogen-bond donors (Lipinski definition) is 2. The first-order chi connectivity index (χ1) is 12.6. The van der Waals surface area contributed by atoms with Gasteiger partial charge < -0.3 is 15.4 Å². The molecule has 5 nitrogen and oxygen atoms in total. The number of rotatable bonds is 7. The van der Waals surface area contributed by atoms with Crippen molar-refractivity contribution in [2.24, 2.45) is 0 Å². The smallest absolute Gasteiger partial charge is 0.229 e. The Hall–Kier alpha value is -3.08. The van der Waals surface area contributed by atoms with Crippen LogP contribution in [-0.4, -0.2) is 16.0 Å². The summed E-state index contributed by atoms with van der Waals surface area (Å²) in [5.74, 6) is 3.01. The molecule has 26 heavy (non-hydrogen) atoms. The van der Waals surface area contributed by atoms with Crippen LogP contribution in [0.2, 0.25) is 0 Å². The number of aromatic nitrogens is 2. The predicted molar refractivity (Wildman–Crippen MR) is 106 cm³/mol. The van der Waals surface area contributed by atoms with E-state index in [-0.39, 0.29) is 0 Å². The fraction of sp³-hybridized carbons (Fsp3) is 0.238. The highest BCUT2D eigenvalue weighted by Gasteiger charge is 2.06. The average molecular weight is 348 g/mol. The first-order valence-electron chi connectivity index (χ1n) is 8.84. The van der Waals surface area contributed by atoms with E-state index in [1.54, 1.807) is 0 Å². The highest BCUT2D eigenvalue weighted by atomic mass is 16.5. The topological polar surface area (TPSA) is 59.1 Å². The molecule has 1 aromatic heterocycles. The van der Waals surface area contributed by atoms with Crippen molar-refractivity contribution < 1.29 is 4.74 Å². The van der Waals surface area contributed by atoms with Gasteiger partial charge in [-0.1, -0.05) is 25.1 Å². The molecule has 134 valence electrons. The zero-order valence-corrected chi connectivity index (χ0v) is 15.4. The summed E-state index contributed by atoms with van der Waals surface area (Å²) in [6.45, 7) is 6.24. The zero-order valence-electron chi connectivity index (χ0n) is 15.4. The maximum absolute atomic E-state index is 5.81. The lowest BCUT2D eigenvalue weighted by Crippen LogP contribution is -2.15. The second-order valence-electron chi connectivity index (χ2n) is 6.24. The minimum atomic E-state index is 0.367. The molecule has 0 bridgehead atoms. The average Bonchev–Trinajstić information content (AvgIpc) is 2.63. The summed E-state index contributed by atoms with van der Waals surface area (Å²) in [6.07, 6.45) is 1.04. The molecule has 0 aliphatic rings. The van der Waals surface area contributed by atoms with Gasteiger partial charge in [0.15, 0.2) is 0 Å². The second kappa shape index (κ2) is 8.34. The van der Waals surface area contributed by atoms with Gasteiger partial charge in [0.05, 0.1) is 0 Å². The molecule has 1 heterocycles. The summed E-state index contributed by atoms with van der Waals surface area (Å²) in [5.41, 5.74) is 1.82. The number of para-hydroxylation sites is 1. The van der Waals surface area contributed by atoms with E-state index in [1.165, 1.54) is 0 Å². The van der Waals surface area contributed by atoms with E-state index >= 15 is 0 Å². The number of nitrogens with zero attached hydrogens (tertiary/aromatic N) is 2. The van der Waals surface area contributed by atoms with E-state index < -0.39 is 0 Å². The minimum absolute atomic E-state index is 0.367. The lowest BCUT2D eigenvalue weighted by molar-refractivity contribution is 0.483. The molecule has 2 N–H and O–H groups in total. The summed E-state index contributed by atoms with van der Waals surface area (Å²) in [4.78, 5) is 9.00. The van der Waals surface area contributed by atoms with Crippen molar-refractivity contribution in [1.82, 2.24) is 9.97 Å². The van der Waals surface area contributed by atoms with Crippen LogP contribution in [0.3, 0.4) is 0 Å². The third kappa shape index (κ3) is 4.96. The number of anilines is 3. The van der Waals surface area contributed by atoms with Gasteiger partial charge in [-0.2, -0.15) is 4.98 Å². The zero-order chi connectivity index (χ0) is 18.4. The van der Waals surface area contributed by atoms with Gasteiger partial charge in [0.2, 0.25) is 5.95 Å². The van der Waals surface area contributed by atoms with Crippen LogP contribution in [0.4, 0.5) is 17.5 Å². The lowest BCUT2D eigenvalue weighted by atomic mass is 10.2. The highest BCUT2D eigenvalue weighted by Crippen LogP contribution is 2.24. The van der Waals surface area contributed by atoms with Crippen molar-refractivity contribution in [1.29, 1.82) is 0 Å². The Balaban J connectivity index is 1.69. The quantitative estimate of drug-likeness (QED) is 0.588. The number of ether oxygens (including phenoxy) is 1. The summed E-state index contributed by atoms with van der Waals surface area (Å²) in [7, 11) is 0. The van der Waals surface area contributed by atoms with Crippen LogP contribution in [0, 0.1) is 6.92 Å². The maximum atomic E-state index is 5.81. The van der Waals surface area contributed by atoms with Crippen LogP contribution < -0.4 is 15.4 Å². The van der Waals surface area contributed by atoms with Crippen LogP contribution in [0.25, 0.3) is 0 Å². The Kier molecular flexibility index (Phi) is 5.69. The Bertz CT molecular complexity index is 834. The molecule has 0 aliphatic heterocycles. The Morgan fingerprint density at radius 3 is 2.35 bits per heavy atom. The number of aryl methyl sites for hydroxylation is 1. The van der Waals surface area contributed by atoms with Crippen LogP contribution in [0.5, 0.6) is 11.5 Å². The van der Waals surface area contributed by atoms with Crippen LogP contribution in [0.1, 0.15) is 26.0 Å². The van der Waals surface area contributed by atoms with Gasteiger partial charge in [0.25, 0.3) is 0 Å². The van der Waals surface area contributed by atoms with Gasteiger partial charge in [-0.15, -0.1) is 0 Å². The Morgan fingerprint density at radius 1 is 0.962 bits per heavy atom. The molecular weight excluding hydrogens is 324 g/mol. The molecule has 0 saturated carbocycles. The molecule has 0 amide bonds. The fourth-order valence-corrected chi connectivity index (χ4v) is 2.41. The van der Waals surface area contributed by atoms with Crippen molar-refractivity contribution in [2.75, 3.05) is 10.6 Å². The van der Waals surface area contributed by atoms with Gasteiger partial charge in [0, 0.05) is 23.5 Å². The molecular formula is C21H24N4O. The molecule has 2 aromatic carbocycles.